The molecular weight excluding hydrogens is 281 g/mol. The van der Waals surface area contributed by atoms with E-state index in [9.17, 15) is 4.39 Å². The fourth-order valence-electron chi connectivity index (χ4n) is 2.73. The summed E-state index contributed by atoms with van der Waals surface area (Å²) in [6.45, 7) is 5.62. The first kappa shape index (κ1) is 12.9. The maximum absolute atomic E-state index is 13.2. The van der Waals surface area contributed by atoms with E-state index < -0.39 is 0 Å². The van der Waals surface area contributed by atoms with E-state index in [1.54, 1.807) is 12.1 Å². The molecular formula is C14H19BrFN. The highest BCUT2D eigenvalue weighted by Gasteiger charge is 2.28. The van der Waals surface area contributed by atoms with Crippen LogP contribution in [0.5, 0.6) is 0 Å². The largest absolute Gasteiger partial charge is 0.368 e. The zero-order valence-corrected chi connectivity index (χ0v) is 12.0. The molecule has 1 aromatic carbocycles. The lowest BCUT2D eigenvalue weighted by Gasteiger charge is -2.31. The zero-order chi connectivity index (χ0) is 12.4. The normalized spacial score (nSPS) is 20.3. The maximum Gasteiger partial charge on any atom is 0.123 e. The molecule has 3 heteroatoms. The highest BCUT2D eigenvalue weighted by molar-refractivity contribution is 9.08. The summed E-state index contributed by atoms with van der Waals surface area (Å²) in [4.78, 5) is 2.45. The van der Waals surface area contributed by atoms with Gasteiger partial charge in [0.2, 0.25) is 0 Å². The Morgan fingerprint density at radius 2 is 2.24 bits per heavy atom. The molecule has 1 heterocycles. The van der Waals surface area contributed by atoms with E-state index in [0.717, 1.165) is 12.1 Å². The van der Waals surface area contributed by atoms with Gasteiger partial charge in [0.25, 0.3) is 0 Å². The molecule has 0 amide bonds. The molecule has 0 saturated carbocycles. The molecule has 0 spiro atoms. The summed E-state index contributed by atoms with van der Waals surface area (Å²) in [5.74, 6) is 0.495. The standard InChI is InChI=1S/C14H19BrFN/c1-10(2)13-4-3-7-17(13)14-6-5-12(16)8-11(14)9-15/h5-6,8,10,13H,3-4,7,9H2,1-2H3. The molecule has 1 aromatic rings. The van der Waals surface area contributed by atoms with Crippen molar-refractivity contribution in [2.24, 2.45) is 5.92 Å². The van der Waals surface area contributed by atoms with Crippen molar-refractivity contribution in [3.63, 3.8) is 0 Å². The van der Waals surface area contributed by atoms with Gasteiger partial charge in [-0.05, 0) is 42.5 Å². The number of benzene rings is 1. The Balaban J connectivity index is 2.32. The minimum Gasteiger partial charge on any atom is -0.368 e. The van der Waals surface area contributed by atoms with Crippen LogP contribution in [0.3, 0.4) is 0 Å². The van der Waals surface area contributed by atoms with Gasteiger partial charge in [0.05, 0.1) is 0 Å². The summed E-state index contributed by atoms with van der Waals surface area (Å²) in [7, 11) is 0. The van der Waals surface area contributed by atoms with Crippen LogP contribution in [0.2, 0.25) is 0 Å². The average molecular weight is 300 g/mol. The number of hydrogen-bond acceptors (Lipinski definition) is 1. The van der Waals surface area contributed by atoms with Crippen LogP contribution in [-0.4, -0.2) is 12.6 Å². The van der Waals surface area contributed by atoms with E-state index in [0.29, 0.717) is 17.3 Å². The summed E-state index contributed by atoms with van der Waals surface area (Å²) >= 11 is 3.45. The van der Waals surface area contributed by atoms with Gasteiger partial charge in [0.15, 0.2) is 0 Å². The van der Waals surface area contributed by atoms with Gasteiger partial charge in [-0.15, -0.1) is 0 Å². The van der Waals surface area contributed by atoms with Gasteiger partial charge in [-0.25, -0.2) is 4.39 Å². The second-order valence-electron chi connectivity index (χ2n) is 5.05. The molecule has 0 N–H and O–H groups in total. The SMILES string of the molecule is CC(C)C1CCCN1c1ccc(F)cc1CBr. The number of halogens is 2. The topological polar surface area (TPSA) is 3.24 Å². The van der Waals surface area contributed by atoms with Crippen molar-refractivity contribution in [3.8, 4) is 0 Å². The van der Waals surface area contributed by atoms with E-state index in [1.165, 1.54) is 18.5 Å². The van der Waals surface area contributed by atoms with E-state index >= 15 is 0 Å². The Kier molecular flexibility index (Phi) is 4.08. The molecule has 1 atom stereocenters. The molecule has 0 aliphatic carbocycles. The Morgan fingerprint density at radius 3 is 2.88 bits per heavy atom. The highest BCUT2D eigenvalue weighted by atomic mass is 79.9. The van der Waals surface area contributed by atoms with Crippen molar-refractivity contribution in [2.75, 3.05) is 11.4 Å². The lowest BCUT2D eigenvalue weighted by Crippen LogP contribution is -2.33. The van der Waals surface area contributed by atoms with Crippen LogP contribution in [0.4, 0.5) is 10.1 Å². The van der Waals surface area contributed by atoms with Gasteiger partial charge in [0, 0.05) is 23.6 Å². The number of anilines is 1. The Labute approximate surface area is 111 Å². The summed E-state index contributed by atoms with van der Waals surface area (Å²) in [5.41, 5.74) is 2.25. The Morgan fingerprint density at radius 1 is 1.47 bits per heavy atom. The van der Waals surface area contributed by atoms with Gasteiger partial charge < -0.3 is 4.90 Å². The zero-order valence-electron chi connectivity index (χ0n) is 10.4. The number of nitrogens with zero attached hydrogens (tertiary/aromatic N) is 1. The molecule has 17 heavy (non-hydrogen) atoms. The van der Waals surface area contributed by atoms with Gasteiger partial charge >= 0.3 is 0 Å². The van der Waals surface area contributed by atoms with Crippen LogP contribution in [-0.2, 0) is 5.33 Å². The monoisotopic (exact) mass is 299 g/mol. The fraction of sp³-hybridized carbons (Fsp3) is 0.571. The van der Waals surface area contributed by atoms with Gasteiger partial charge in [0.1, 0.15) is 5.82 Å². The number of rotatable bonds is 3. The molecule has 1 fully saturated rings. The van der Waals surface area contributed by atoms with Crippen LogP contribution < -0.4 is 4.90 Å². The molecule has 0 aromatic heterocycles. The van der Waals surface area contributed by atoms with E-state index in [4.69, 9.17) is 0 Å². The number of hydrogen-bond donors (Lipinski definition) is 0. The van der Waals surface area contributed by atoms with Crippen molar-refractivity contribution in [3.05, 3.63) is 29.6 Å². The first-order chi connectivity index (χ1) is 8.13. The molecule has 1 aliphatic heterocycles. The predicted octanol–water partition coefficient (Wildman–Crippen LogP) is 4.35. The van der Waals surface area contributed by atoms with E-state index in [-0.39, 0.29) is 5.82 Å². The van der Waals surface area contributed by atoms with Crippen molar-refractivity contribution >= 4 is 21.6 Å². The highest BCUT2D eigenvalue weighted by Crippen LogP contribution is 2.33. The van der Waals surface area contributed by atoms with Crippen LogP contribution in [0.15, 0.2) is 18.2 Å². The van der Waals surface area contributed by atoms with E-state index in [1.807, 2.05) is 6.07 Å². The molecule has 1 aliphatic rings. The molecule has 1 saturated heterocycles. The third-order valence-corrected chi connectivity index (χ3v) is 4.17. The van der Waals surface area contributed by atoms with Crippen molar-refractivity contribution < 1.29 is 4.39 Å². The van der Waals surface area contributed by atoms with Crippen molar-refractivity contribution in [2.45, 2.75) is 38.1 Å². The summed E-state index contributed by atoms with van der Waals surface area (Å²) < 4.78 is 13.2. The third-order valence-electron chi connectivity index (χ3n) is 3.56. The van der Waals surface area contributed by atoms with Crippen LogP contribution in [0, 0.1) is 11.7 Å². The quantitative estimate of drug-likeness (QED) is 0.750. The second kappa shape index (κ2) is 5.38. The van der Waals surface area contributed by atoms with Crippen molar-refractivity contribution in [1.82, 2.24) is 0 Å². The van der Waals surface area contributed by atoms with Gasteiger partial charge in [-0.2, -0.15) is 0 Å². The van der Waals surface area contributed by atoms with Crippen LogP contribution >= 0.6 is 15.9 Å². The summed E-state index contributed by atoms with van der Waals surface area (Å²) in [6.07, 6.45) is 2.48. The van der Waals surface area contributed by atoms with Crippen LogP contribution in [0.1, 0.15) is 32.3 Å². The van der Waals surface area contributed by atoms with Crippen molar-refractivity contribution in [1.29, 1.82) is 0 Å². The minimum atomic E-state index is -0.150. The fourth-order valence-corrected chi connectivity index (χ4v) is 3.18. The van der Waals surface area contributed by atoms with E-state index in [2.05, 4.69) is 34.7 Å². The summed E-state index contributed by atoms with van der Waals surface area (Å²) in [6, 6.07) is 5.72. The van der Waals surface area contributed by atoms with Gasteiger partial charge in [-0.1, -0.05) is 29.8 Å². The smallest absolute Gasteiger partial charge is 0.123 e. The molecule has 0 bridgehead atoms. The van der Waals surface area contributed by atoms with Crippen LogP contribution in [0.25, 0.3) is 0 Å². The summed E-state index contributed by atoms with van der Waals surface area (Å²) in [5, 5.41) is 0.710. The predicted molar refractivity (Wildman–Crippen MR) is 74.2 cm³/mol. The average Bonchev–Trinajstić information content (AvgIpc) is 2.77. The molecule has 94 valence electrons. The molecule has 2 rings (SSSR count). The second-order valence-corrected chi connectivity index (χ2v) is 5.61. The lowest BCUT2D eigenvalue weighted by atomic mass is 10.0. The first-order valence-corrected chi connectivity index (χ1v) is 7.36. The molecule has 1 unspecified atom stereocenters. The lowest BCUT2D eigenvalue weighted by molar-refractivity contribution is 0.491. The Bertz CT molecular complexity index is 392. The third kappa shape index (κ3) is 2.65. The van der Waals surface area contributed by atoms with Gasteiger partial charge in [-0.3, -0.25) is 0 Å². The maximum atomic E-state index is 13.2. The number of alkyl halides is 1. The molecule has 1 nitrogen and oxygen atoms in total. The first-order valence-electron chi connectivity index (χ1n) is 6.24. The molecule has 0 radical (unpaired) electrons. The Hall–Kier alpha value is -0.570. The minimum absolute atomic E-state index is 0.150.